The van der Waals surface area contributed by atoms with Crippen molar-refractivity contribution < 1.29 is 4.79 Å². The van der Waals surface area contributed by atoms with Crippen molar-refractivity contribution in [2.45, 2.75) is 13.1 Å². The molecule has 1 amide bonds. The summed E-state index contributed by atoms with van der Waals surface area (Å²) in [5.74, 6) is -0.0916. The van der Waals surface area contributed by atoms with E-state index >= 15 is 0 Å². The lowest BCUT2D eigenvalue weighted by Gasteiger charge is -2.09. The lowest BCUT2D eigenvalue weighted by Crippen LogP contribution is -2.23. The van der Waals surface area contributed by atoms with Crippen LogP contribution in [0.2, 0.25) is 0 Å². The number of imidazole rings is 1. The van der Waals surface area contributed by atoms with Crippen LogP contribution in [0.4, 0.5) is 0 Å². The molecule has 5 heteroatoms. The summed E-state index contributed by atoms with van der Waals surface area (Å²) < 4.78 is 2.02. The molecule has 0 saturated heterocycles. The molecular formula is C21H18N4O. The van der Waals surface area contributed by atoms with Gasteiger partial charge in [0.15, 0.2) is 0 Å². The molecular weight excluding hydrogens is 324 g/mol. The van der Waals surface area contributed by atoms with Crippen LogP contribution in [-0.2, 0) is 13.1 Å². The van der Waals surface area contributed by atoms with Crippen LogP contribution in [0, 0.1) is 0 Å². The Hall–Kier alpha value is -3.47. The minimum absolute atomic E-state index is 0.0916. The van der Waals surface area contributed by atoms with E-state index in [1.807, 2.05) is 47.2 Å². The second kappa shape index (κ2) is 7.19. The molecule has 26 heavy (non-hydrogen) atoms. The van der Waals surface area contributed by atoms with E-state index in [9.17, 15) is 4.79 Å². The maximum atomic E-state index is 12.6. The molecule has 4 aromatic rings. The zero-order valence-corrected chi connectivity index (χ0v) is 14.2. The second-order valence-corrected chi connectivity index (χ2v) is 6.11. The molecule has 5 nitrogen and oxygen atoms in total. The summed E-state index contributed by atoms with van der Waals surface area (Å²) in [6.45, 7) is 1.27. The van der Waals surface area contributed by atoms with Crippen LogP contribution in [-0.4, -0.2) is 20.4 Å². The molecule has 0 bridgehead atoms. The average molecular weight is 342 g/mol. The van der Waals surface area contributed by atoms with Gasteiger partial charge in [-0.2, -0.15) is 0 Å². The Morgan fingerprint density at radius 1 is 0.962 bits per heavy atom. The molecule has 0 atom stereocenters. The third-order valence-corrected chi connectivity index (χ3v) is 4.29. The van der Waals surface area contributed by atoms with Crippen LogP contribution in [0.5, 0.6) is 0 Å². The zero-order chi connectivity index (χ0) is 17.8. The third kappa shape index (κ3) is 3.47. The summed E-state index contributed by atoms with van der Waals surface area (Å²) >= 11 is 0. The standard InChI is InChI=1S/C21H18N4O/c26-21(19-9-10-23-20-4-2-1-3-18(19)20)24-13-16-5-7-17(8-6-16)14-25-12-11-22-15-25/h1-12,15H,13-14H2,(H,24,26). The van der Waals surface area contributed by atoms with Gasteiger partial charge in [0, 0.05) is 37.1 Å². The molecule has 128 valence electrons. The molecule has 0 saturated carbocycles. The minimum Gasteiger partial charge on any atom is -0.348 e. The molecule has 2 heterocycles. The Balaban J connectivity index is 1.42. The van der Waals surface area contributed by atoms with Crippen LogP contribution >= 0.6 is 0 Å². The maximum Gasteiger partial charge on any atom is 0.252 e. The number of aromatic nitrogens is 3. The monoisotopic (exact) mass is 342 g/mol. The molecule has 0 aliphatic heterocycles. The van der Waals surface area contributed by atoms with Crippen LogP contribution in [0.25, 0.3) is 10.9 Å². The zero-order valence-electron chi connectivity index (χ0n) is 14.2. The Labute approximate surface area is 151 Å². The highest BCUT2D eigenvalue weighted by molar-refractivity contribution is 6.05. The lowest BCUT2D eigenvalue weighted by atomic mass is 10.1. The molecule has 4 rings (SSSR count). The van der Waals surface area contributed by atoms with Crippen LogP contribution in [0.3, 0.4) is 0 Å². The molecule has 0 spiro atoms. The first-order chi connectivity index (χ1) is 12.8. The summed E-state index contributed by atoms with van der Waals surface area (Å²) in [7, 11) is 0. The van der Waals surface area contributed by atoms with Gasteiger partial charge in [-0.1, -0.05) is 42.5 Å². The van der Waals surface area contributed by atoms with Crippen molar-refractivity contribution in [3.8, 4) is 0 Å². The van der Waals surface area contributed by atoms with Gasteiger partial charge >= 0.3 is 0 Å². The first-order valence-electron chi connectivity index (χ1n) is 8.45. The highest BCUT2D eigenvalue weighted by atomic mass is 16.1. The van der Waals surface area contributed by atoms with Gasteiger partial charge in [-0.15, -0.1) is 0 Å². The summed E-state index contributed by atoms with van der Waals surface area (Å²) in [5, 5.41) is 3.85. The van der Waals surface area contributed by atoms with Gasteiger partial charge in [-0.3, -0.25) is 9.78 Å². The quantitative estimate of drug-likeness (QED) is 0.605. The number of pyridine rings is 1. The molecule has 0 unspecified atom stereocenters. The number of nitrogens with zero attached hydrogens (tertiary/aromatic N) is 3. The fourth-order valence-corrected chi connectivity index (χ4v) is 2.93. The number of hydrogen-bond donors (Lipinski definition) is 1. The van der Waals surface area contributed by atoms with Gasteiger partial charge in [-0.05, 0) is 23.3 Å². The van der Waals surface area contributed by atoms with E-state index in [0.717, 1.165) is 23.0 Å². The Kier molecular flexibility index (Phi) is 4.43. The molecule has 2 aromatic heterocycles. The predicted molar refractivity (Wildman–Crippen MR) is 101 cm³/mol. The number of carbonyl (C=O) groups is 1. The van der Waals surface area contributed by atoms with Gasteiger partial charge in [0.25, 0.3) is 5.91 Å². The topological polar surface area (TPSA) is 59.8 Å². The van der Waals surface area contributed by atoms with Crippen molar-refractivity contribution in [3.05, 3.63) is 96.2 Å². The van der Waals surface area contributed by atoms with Crippen molar-refractivity contribution in [1.82, 2.24) is 19.9 Å². The third-order valence-electron chi connectivity index (χ3n) is 4.29. The van der Waals surface area contributed by atoms with E-state index in [1.54, 1.807) is 24.8 Å². The SMILES string of the molecule is O=C(NCc1ccc(Cn2ccnc2)cc1)c1ccnc2ccccc12. The fraction of sp³-hybridized carbons (Fsp3) is 0.0952. The molecule has 0 aliphatic carbocycles. The van der Waals surface area contributed by atoms with Gasteiger partial charge in [0.2, 0.25) is 0 Å². The van der Waals surface area contributed by atoms with E-state index in [2.05, 4.69) is 27.4 Å². The second-order valence-electron chi connectivity index (χ2n) is 6.11. The van der Waals surface area contributed by atoms with E-state index in [-0.39, 0.29) is 5.91 Å². The van der Waals surface area contributed by atoms with Crippen molar-refractivity contribution in [2.24, 2.45) is 0 Å². The highest BCUT2D eigenvalue weighted by Crippen LogP contribution is 2.16. The first kappa shape index (κ1) is 16.0. The highest BCUT2D eigenvalue weighted by Gasteiger charge is 2.09. The Morgan fingerprint density at radius 3 is 2.58 bits per heavy atom. The number of hydrogen-bond acceptors (Lipinski definition) is 3. The first-order valence-corrected chi connectivity index (χ1v) is 8.45. The lowest BCUT2D eigenvalue weighted by molar-refractivity contribution is 0.0952. The molecule has 0 aliphatic rings. The van der Waals surface area contributed by atoms with Gasteiger partial charge in [-0.25, -0.2) is 4.98 Å². The van der Waals surface area contributed by atoms with Crippen LogP contribution in [0.15, 0.2) is 79.5 Å². The number of para-hydroxylation sites is 1. The fourth-order valence-electron chi connectivity index (χ4n) is 2.93. The molecule has 1 N–H and O–H groups in total. The summed E-state index contributed by atoms with van der Waals surface area (Å²) in [6, 6.07) is 17.6. The van der Waals surface area contributed by atoms with Crippen LogP contribution < -0.4 is 5.32 Å². The minimum atomic E-state index is -0.0916. The number of fused-ring (bicyclic) bond motifs is 1. The van der Waals surface area contributed by atoms with Gasteiger partial charge in [0.05, 0.1) is 17.4 Å². The smallest absolute Gasteiger partial charge is 0.252 e. The normalized spacial score (nSPS) is 10.8. The van der Waals surface area contributed by atoms with Crippen LogP contribution in [0.1, 0.15) is 21.5 Å². The average Bonchev–Trinajstić information content (AvgIpc) is 3.20. The van der Waals surface area contributed by atoms with Gasteiger partial charge < -0.3 is 9.88 Å². The number of benzene rings is 2. The van der Waals surface area contributed by atoms with Crippen molar-refractivity contribution in [3.63, 3.8) is 0 Å². The van der Waals surface area contributed by atoms with Crippen molar-refractivity contribution in [2.75, 3.05) is 0 Å². The molecule has 0 fully saturated rings. The van der Waals surface area contributed by atoms with E-state index in [0.29, 0.717) is 12.1 Å². The summed E-state index contributed by atoms with van der Waals surface area (Å²) in [5.41, 5.74) is 3.72. The van der Waals surface area contributed by atoms with Crippen molar-refractivity contribution in [1.29, 1.82) is 0 Å². The predicted octanol–water partition coefficient (Wildman–Crippen LogP) is 3.41. The number of rotatable bonds is 5. The number of amides is 1. The van der Waals surface area contributed by atoms with E-state index in [1.165, 1.54) is 5.56 Å². The molecule has 2 aromatic carbocycles. The van der Waals surface area contributed by atoms with Gasteiger partial charge in [0.1, 0.15) is 0 Å². The number of nitrogens with one attached hydrogen (secondary N) is 1. The summed E-state index contributed by atoms with van der Waals surface area (Å²) in [4.78, 5) is 20.9. The largest absolute Gasteiger partial charge is 0.348 e. The maximum absolute atomic E-state index is 12.6. The number of carbonyl (C=O) groups excluding carboxylic acids is 1. The summed E-state index contributed by atoms with van der Waals surface area (Å²) in [6.07, 6.45) is 7.18. The Morgan fingerprint density at radius 2 is 1.77 bits per heavy atom. The van der Waals surface area contributed by atoms with E-state index < -0.39 is 0 Å². The molecule has 0 radical (unpaired) electrons. The van der Waals surface area contributed by atoms with Crippen molar-refractivity contribution >= 4 is 16.8 Å². The Bertz CT molecular complexity index is 1020. The van der Waals surface area contributed by atoms with E-state index in [4.69, 9.17) is 0 Å².